The Kier molecular flexibility index (Phi) is 5.22. The number of thiophene rings is 1. The highest BCUT2D eigenvalue weighted by Gasteiger charge is 2.15. The van der Waals surface area contributed by atoms with Crippen LogP contribution in [0.3, 0.4) is 0 Å². The summed E-state index contributed by atoms with van der Waals surface area (Å²) in [6.07, 6.45) is 0.828. The van der Waals surface area contributed by atoms with E-state index in [0.29, 0.717) is 23.6 Å². The molecule has 0 aliphatic carbocycles. The molecule has 2 aromatic rings. The van der Waals surface area contributed by atoms with Gasteiger partial charge in [-0.3, -0.25) is 4.79 Å². The average Bonchev–Trinajstić information content (AvgIpc) is 3.00. The zero-order valence-corrected chi connectivity index (χ0v) is 13.3. The van der Waals surface area contributed by atoms with Crippen molar-refractivity contribution < 1.29 is 14.3 Å². The number of benzene rings is 1. The van der Waals surface area contributed by atoms with Crippen LogP contribution in [0.4, 0.5) is 0 Å². The van der Waals surface area contributed by atoms with Crippen LogP contribution in [-0.2, 0) is 6.42 Å². The Labute approximate surface area is 128 Å². The number of aryl methyl sites for hydroxylation is 1. The highest BCUT2D eigenvalue weighted by atomic mass is 32.1. The third kappa shape index (κ3) is 3.76. The van der Waals surface area contributed by atoms with Gasteiger partial charge in [-0.25, -0.2) is 0 Å². The van der Waals surface area contributed by atoms with Gasteiger partial charge >= 0.3 is 0 Å². The van der Waals surface area contributed by atoms with Gasteiger partial charge in [0.1, 0.15) is 11.5 Å². The Bertz CT molecular complexity index is 608. The summed E-state index contributed by atoms with van der Waals surface area (Å²) in [4.78, 5) is 13.5. The Hall–Kier alpha value is -2.01. The zero-order chi connectivity index (χ0) is 15.2. The van der Waals surface area contributed by atoms with Gasteiger partial charge in [0.05, 0.1) is 19.8 Å². The molecular weight excluding hydrogens is 286 g/mol. The highest BCUT2D eigenvalue weighted by Crippen LogP contribution is 2.28. The third-order valence-corrected chi connectivity index (χ3v) is 4.13. The lowest BCUT2D eigenvalue weighted by molar-refractivity contribution is 0.0951. The summed E-state index contributed by atoms with van der Waals surface area (Å²) >= 11 is 1.69. The van der Waals surface area contributed by atoms with E-state index in [1.807, 2.05) is 24.4 Å². The van der Waals surface area contributed by atoms with E-state index in [2.05, 4.69) is 11.4 Å². The molecule has 0 atom stereocenters. The molecule has 21 heavy (non-hydrogen) atoms. The largest absolute Gasteiger partial charge is 0.496 e. The molecule has 1 N–H and O–H groups in total. The van der Waals surface area contributed by atoms with Gasteiger partial charge in [-0.1, -0.05) is 6.07 Å². The Morgan fingerprint density at radius 3 is 2.62 bits per heavy atom. The predicted octanol–water partition coefficient (Wildman–Crippen LogP) is 3.05. The van der Waals surface area contributed by atoms with Crippen LogP contribution in [0.15, 0.2) is 29.6 Å². The van der Waals surface area contributed by atoms with Crippen LogP contribution >= 0.6 is 11.3 Å². The standard InChI is InChI=1S/C16H19NO3S/c1-11-9-15(20-3)13(10-14(11)19-2)16(18)17-7-6-12-5-4-8-21-12/h4-5,8-10H,6-7H2,1-3H3,(H,17,18). The van der Waals surface area contributed by atoms with Crippen molar-refractivity contribution in [3.63, 3.8) is 0 Å². The summed E-state index contributed by atoms with van der Waals surface area (Å²) in [5.41, 5.74) is 1.43. The number of ether oxygens (including phenoxy) is 2. The molecule has 1 heterocycles. The van der Waals surface area contributed by atoms with Crippen LogP contribution in [0.5, 0.6) is 11.5 Å². The fourth-order valence-electron chi connectivity index (χ4n) is 2.08. The second kappa shape index (κ2) is 7.13. The second-order valence-corrected chi connectivity index (χ2v) is 5.64. The summed E-state index contributed by atoms with van der Waals surface area (Å²) in [5, 5.41) is 4.95. The SMILES string of the molecule is COc1cc(C(=O)NCCc2cccs2)c(OC)cc1C. The molecule has 0 unspecified atom stereocenters. The van der Waals surface area contributed by atoms with Crippen molar-refractivity contribution in [3.05, 3.63) is 45.6 Å². The minimum Gasteiger partial charge on any atom is -0.496 e. The lowest BCUT2D eigenvalue weighted by Gasteiger charge is -2.13. The minimum atomic E-state index is -0.151. The molecule has 0 saturated heterocycles. The van der Waals surface area contributed by atoms with Crippen LogP contribution < -0.4 is 14.8 Å². The van der Waals surface area contributed by atoms with Gasteiger partial charge in [0.15, 0.2) is 0 Å². The van der Waals surface area contributed by atoms with E-state index in [1.54, 1.807) is 31.6 Å². The van der Waals surface area contributed by atoms with Gasteiger partial charge < -0.3 is 14.8 Å². The van der Waals surface area contributed by atoms with Gasteiger partial charge in [-0.05, 0) is 42.5 Å². The first-order valence-electron chi connectivity index (χ1n) is 6.69. The molecule has 1 amide bonds. The number of amides is 1. The molecule has 1 aromatic heterocycles. The van der Waals surface area contributed by atoms with Crippen molar-refractivity contribution in [1.29, 1.82) is 0 Å². The average molecular weight is 305 g/mol. The number of carbonyl (C=O) groups excluding carboxylic acids is 1. The van der Waals surface area contributed by atoms with Crippen molar-refractivity contribution in [2.75, 3.05) is 20.8 Å². The van der Waals surface area contributed by atoms with Crippen molar-refractivity contribution in [1.82, 2.24) is 5.32 Å². The summed E-state index contributed by atoms with van der Waals surface area (Å²) < 4.78 is 10.5. The van der Waals surface area contributed by atoms with E-state index >= 15 is 0 Å². The molecule has 1 aromatic carbocycles. The lowest BCUT2D eigenvalue weighted by atomic mass is 10.1. The molecule has 4 nitrogen and oxygen atoms in total. The van der Waals surface area contributed by atoms with Crippen molar-refractivity contribution >= 4 is 17.2 Å². The smallest absolute Gasteiger partial charge is 0.255 e. The summed E-state index contributed by atoms with van der Waals surface area (Å²) in [5.74, 6) is 1.09. The molecule has 0 aliphatic rings. The van der Waals surface area contributed by atoms with Gasteiger partial charge in [-0.2, -0.15) is 0 Å². The monoisotopic (exact) mass is 305 g/mol. The van der Waals surface area contributed by atoms with E-state index in [-0.39, 0.29) is 5.91 Å². The summed E-state index contributed by atoms with van der Waals surface area (Å²) in [7, 11) is 3.15. The molecule has 0 aliphatic heterocycles. The number of hydrogen-bond acceptors (Lipinski definition) is 4. The van der Waals surface area contributed by atoms with Gasteiger partial charge in [0, 0.05) is 11.4 Å². The predicted molar refractivity (Wildman–Crippen MR) is 84.6 cm³/mol. The molecule has 5 heteroatoms. The molecule has 0 radical (unpaired) electrons. The van der Waals surface area contributed by atoms with E-state index in [0.717, 1.165) is 12.0 Å². The van der Waals surface area contributed by atoms with Crippen LogP contribution in [-0.4, -0.2) is 26.7 Å². The Balaban J connectivity index is 2.07. The first-order chi connectivity index (χ1) is 10.2. The molecule has 0 saturated carbocycles. The fourth-order valence-corrected chi connectivity index (χ4v) is 2.79. The second-order valence-electron chi connectivity index (χ2n) is 4.61. The number of carbonyl (C=O) groups is 1. The van der Waals surface area contributed by atoms with E-state index in [4.69, 9.17) is 9.47 Å². The molecule has 2 rings (SSSR count). The summed E-state index contributed by atoms with van der Waals surface area (Å²) in [6.45, 7) is 2.51. The van der Waals surface area contributed by atoms with Gasteiger partial charge in [-0.15, -0.1) is 11.3 Å². The highest BCUT2D eigenvalue weighted by molar-refractivity contribution is 7.09. The van der Waals surface area contributed by atoms with Crippen LogP contribution in [0, 0.1) is 6.92 Å². The topological polar surface area (TPSA) is 47.6 Å². The van der Waals surface area contributed by atoms with Crippen molar-refractivity contribution in [2.45, 2.75) is 13.3 Å². The number of rotatable bonds is 6. The molecule has 0 fully saturated rings. The Morgan fingerprint density at radius 2 is 2.00 bits per heavy atom. The molecule has 112 valence electrons. The van der Waals surface area contributed by atoms with Crippen LogP contribution in [0.2, 0.25) is 0 Å². The van der Waals surface area contributed by atoms with Gasteiger partial charge in [0.25, 0.3) is 5.91 Å². The van der Waals surface area contributed by atoms with Crippen molar-refractivity contribution in [3.8, 4) is 11.5 Å². The van der Waals surface area contributed by atoms with E-state index in [1.165, 1.54) is 4.88 Å². The third-order valence-electron chi connectivity index (χ3n) is 3.20. The fraction of sp³-hybridized carbons (Fsp3) is 0.312. The molecule has 0 bridgehead atoms. The van der Waals surface area contributed by atoms with E-state index < -0.39 is 0 Å². The maximum absolute atomic E-state index is 12.3. The Morgan fingerprint density at radius 1 is 1.24 bits per heavy atom. The molecular formula is C16H19NO3S. The maximum Gasteiger partial charge on any atom is 0.255 e. The number of methoxy groups -OCH3 is 2. The first kappa shape index (κ1) is 15.4. The van der Waals surface area contributed by atoms with Gasteiger partial charge in [0.2, 0.25) is 0 Å². The minimum absolute atomic E-state index is 0.151. The quantitative estimate of drug-likeness (QED) is 0.892. The molecule has 0 spiro atoms. The maximum atomic E-state index is 12.3. The van der Waals surface area contributed by atoms with Crippen molar-refractivity contribution in [2.24, 2.45) is 0 Å². The lowest BCUT2D eigenvalue weighted by Crippen LogP contribution is -2.26. The summed E-state index contributed by atoms with van der Waals surface area (Å²) in [6, 6.07) is 7.60. The number of nitrogens with one attached hydrogen (secondary N) is 1. The normalized spacial score (nSPS) is 10.2. The van der Waals surface area contributed by atoms with E-state index in [9.17, 15) is 4.79 Å². The van der Waals surface area contributed by atoms with Crippen LogP contribution in [0.25, 0.3) is 0 Å². The number of hydrogen-bond donors (Lipinski definition) is 1. The zero-order valence-electron chi connectivity index (χ0n) is 12.4. The van der Waals surface area contributed by atoms with Crippen LogP contribution in [0.1, 0.15) is 20.8 Å². The first-order valence-corrected chi connectivity index (χ1v) is 7.57.